The molecule has 0 aromatic heterocycles. The molecule has 5 heteroatoms. The van der Waals surface area contributed by atoms with Crippen molar-refractivity contribution in [1.29, 1.82) is 0 Å². The van der Waals surface area contributed by atoms with Gasteiger partial charge in [0.05, 0.1) is 0 Å². The number of nitrogens with one attached hydrogen (secondary N) is 2. The maximum absolute atomic E-state index is 12.1. The fraction of sp³-hybridized carbons (Fsp3) is 0.333. The van der Waals surface area contributed by atoms with E-state index in [0.29, 0.717) is 11.4 Å². The van der Waals surface area contributed by atoms with Crippen molar-refractivity contribution in [2.45, 2.75) is 33.1 Å². The van der Waals surface area contributed by atoms with E-state index in [1.165, 1.54) is 5.56 Å². The predicted molar refractivity (Wildman–Crippen MR) is 102 cm³/mol. The van der Waals surface area contributed by atoms with Gasteiger partial charge in [-0.25, -0.2) is 0 Å². The molecule has 2 aromatic rings. The molecule has 2 aromatic carbocycles. The molecule has 2 amide bonds. The average molecular weight is 352 g/mol. The smallest absolute Gasteiger partial charge is 0.262 e. The van der Waals surface area contributed by atoms with Crippen molar-refractivity contribution in [3.63, 3.8) is 0 Å². The van der Waals surface area contributed by atoms with Gasteiger partial charge in [-0.2, -0.15) is 0 Å². The number of ether oxygens (including phenoxy) is 1. The van der Waals surface area contributed by atoms with E-state index in [-0.39, 0.29) is 24.3 Å². The van der Waals surface area contributed by atoms with Gasteiger partial charge < -0.3 is 15.4 Å². The highest BCUT2D eigenvalue weighted by Crippen LogP contribution is 2.31. The quantitative estimate of drug-likeness (QED) is 0.793. The highest BCUT2D eigenvalue weighted by molar-refractivity contribution is 5.96. The Balaban J connectivity index is 1.55. The first-order chi connectivity index (χ1) is 12.5. The molecule has 5 nitrogen and oxygen atoms in total. The van der Waals surface area contributed by atoms with Crippen molar-refractivity contribution >= 4 is 23.2 Å². The number of aryl methyl sites for hydroxylation is 2. The topological polar surface area (TPSA) is 67.4 Å². The molecule has 0 aliphatic heterocycles. The number of benzene rings is 2. The summed E-state index contributed by atoms with van der Waals surface area (Å²) >= 11 is 0. The molecule has 0 bridgehead atoms. The van der Waals surface area contributed by atoms with Gasteiger partial charge in [0.1, 0.15) is 5.75 Å². The minimum atomic E-state index is -0.243. The van der Waals surface area contributed by atoms with Crippen LogP contribution in [0.15, 0.2) is 42.5 Å². The van der Waals surface area contributed by atoms with Crippen LogP contribution in [0.2, 0.25) is 0 Å². The van der Waals surface area contributed by atoms with Crippen molar-refractivity contribution in [3.8, 4) is 5.75 Å². The molecule has 0 spiro atoms. The third-order valence-electron chi connectivity index (χ3n) is 4.43. The molecule has 0 saturated heterocycles. The van der Waals surface area contributed by atoms with Gasteiger partial charge >= 0.3 is 0 Å². The van der Waals surface area contributed by atoms with Gasteiger partial charge in [0.25, 0.3) is 5.91 Å². The fourth-order valence-corrected chi connectivity index (χ4v) is 2.58. The summed E-state index contributed by atoms with van der Waals surface area (Å²) in [7, 11) is 0. The van der Waals surface area contributed by atoms with Crippen LogP contribution in [0, 0.1) is 12.8 Å². The van der Waals surface area contributed by atoms with E-state index < -0.39 is 0 Å². The highest BCUT2D eigenvalue weighted by atomic mass is 16.5. The molecule has 1 aliphatic rings. The second kappa shape index (κ2) is 8.04. The van der Waals surface area contributed by atoms with Crippen LogP contribution in [0.5, 0.6) is 5.75 Å². The second-order valence-corrected chi connectivity index (χ2v) is 6.63. The van der Waals surface area contributed by atoms with Crippen LogP contribution in [-0.2, 0) is 16.0 Å². The first kappa shape index (κ1) is 18.0. The Morgan fingerprint density at radius 3 is 2.46 bits per heavy atom. The van der Waals surface area contributed by atoms with Crippen LogP contribution in [0.3, 0.4) is 0 Å². The third-order valence-corrected chi connectivity index (χ3v) is 4.43. The summed E-state index contributed by atoms with van der Waals surface area (Å²) in [5.74, 6) is 0.613. The first-order valence-electron chi connectivity index (χ1n) is 8.98. The number of carbonyl (C=O) groups is 2. The molecule has 0 atom stereocenters. The van der Waals surface area contributed by atoms with E-state index in [0.717, 1.165) is 30.5 Å². The zero-order chi connectivity index (χ0) is 18.5. The summed E-state index contributed by atoms with van der Waals surface area (Å²) in [5, 5.41) is 5.74. The number of anilines is 2. The number of carbonyl (C=O) groups excluding carboxylic acids is 2. The predicted octanol–water partition coefficient (Wildman–Crippen LogP) is 3.92. The monoisotopic (exact) mass is 352 g/mol. The van der Waals surface area contributed by atoms with Crippen LogP contribution < -0.4 is 15.4 Å². The molecule has 1 fully saturated rings. The number of hydrogen-bond donors (Lipinski definition) is 2. The molecule has 136 valence electrons. The summed E-state index contributed by atoms with van der Waals surface area (Å²) in [4.78, 5) is 24.1. The lowest BCUT2D eigenvalue weighted by Gasteiger charge is -2.12. The molecule has 0 radical (unpaired) electrons. The van der Waals surface area contributed by atoms with E-state index in [1.807, 2.05) is 43.3 Å². The van der Waals surface area contributed by atoms with Crippen molar-refractivity contribution in [1.82, 2.24) is 0 Å². The van der Waals surface area contributed by atoms with Crippen LogP contribution >= 0.6 is 0 Å². The van der Waals surface area contributed by atoms with Gasteiger partial charge in [0.2, 0.25) is 5.91 Å². The number of rotatable bonds is 7. The van der Waals surface area contributed by atoms with E-state index in [9.17, 15) is 9.59 Å². The third kappa shape index (κ3) is 4.85. The van der Waals surface area contributed by atoms with Gasteiger partial charge in [-0.3, -0.25) is 9.59 Å². The Kier molecular flexibility index (Phi) is 5.56. The van der Waals surface area contributed by atoms with E-state index in [2.05, 4.69) is 17.6 Å². The van der Waals surface area contributed by atoms with Crippen LogP contribution in [-0.4, -0.2) is 18.4 Å². The summed E-state index contributed by atoms with van der Waals surface area (Å²) in [6.07, 6.45) is 2.88. The molecule has 2 N–H and O–H groups in total. The summed E-state index contributed by atoms with van der Waals surface area (Å²) in [6, 6.07) is 13.2. The molecule has 1 saturated carbocycles. The van der Waals surface area contributed by atoms with Crippen molar-refractivity contribution < 1.29 is 14.3 Å². The van der Waals surface area contributed by atoms with Crippen LogP contribution in [0.25, 0.3) is 0 Å². The van der Waals surface area contributed by atoms with Crippen molar-refractivity contribution in [2.24, 2.45) is 5.92 Å². The maximum Gasteiger partial charge on any atom is 0.262 e. The molecule has 3 rings (SSSR count). The lowest BCUT2D eigenvalue weighted by atomic mass is 10.1. The Labute approximate surface area is 153 Å². The molecule has 26 heavy (non-hydrogen) atoms. The van der Waals surface area contributed by atoms with E-state index in [1.54, 1.807) is 6.07 Å². The van der Waals surface area contributed by atoms with Gasteiger partial charge in [-0.15, -0.1) is 0 Å². The van der Waals surface area contributed by atoms with E-state index in [4.69, 9.17) is 4.74 Å². The van der Waals surface area contributed by atoms with Crippen molar-refractivity contribution in [2.75, 3.05) is 17.2 Å². The zero-order valence-electron chi connectivity index (χ0n) is 15.2. The molecular formula is C21H24N2O3. The van der Waals surface area contributed by atoms with Gasteiger partial charge in [0.15, 0.2) is 6.61 Å². The average Bonchev–Trinajstić information content (AvgIpc) is 3.48. The minimum Gasteiger partial charge on any atom is -0.484 e. The normalized spacial score (nSPS) is 13.2. The highest BCUT2D eigenvalue weighted by Gasteiger charge is 2.29. The Morgan fingerprint density at radius 1 is 1.08 bits per heavy atom. The lowest BCUT2D eigenvalue weighted by molar-refractivity contribution is -0.118. The Bertz CT molecular complexity index is 795. The number of amides is 2. The van der Waals surface area contributed by atoms with Gasteiger partial charge in [-0.05, 0) is 61.6 Å². The first-order valence-corrected chi connectivity index (χ1v) is 8.98. The fourth-order valence-electron chi connectivity index (χ4n) is 2.58. The SMILES string of the molecule is CCc1ccc(OCC(=O)Nc2ccc(C)c(NC(=O)C3CC3)c2)cc1. The maximum atomic E-state index is 12.1. The largest absolute Gasteiger partial charge is 0.484 e. The summed E-state index contributed by atoms with van der Waals surface area (Å²) in [5.41, 5.74) is 3.55. The lowest BCUT2D eigenvalue weighted by Crippen LogP contribution is -2.20. The Morgan fingerprint density at radius 2 is 1.81 bits per heavy atom. The number of hydrogen-bond acceptors (Lipinski definition) is 3. The summed E-state index contributed by atoms with van der Waals surface area (Å²) in [6.45, 7) is 3.95. The minimum absolute atomic E-state index is 0.0513. The molecule has 1 aliphatic carbocycles. The van der Waals surface area contributed by atoms with Gasteiger partial charge in [0, 0.05) is 17.3 Å². The zero-order valence-corrected chi connectivity index (χ0v) is 15.2. The molecular weight excluding hydrogens is 328 g/mol. The molecule has 0 heterocycles. The standard InChI is InChI=1S/C21H24N2O3/c1-3-15-5-10-18(11-6-15)26-13-20(24)22-17-9-4-14(2)19(12-17)23-21(25)16-7-8-16/h4-6,9-12,16H,3,7-8,13H2,1-2H3,(H,22,24)(H,23,25). The Hall–Kier alpha value is -2.82. The van der Waals surface area contributed by atoms with Crippen LogP contribution in [0.4, 0.5) is 11.4 Å². The summed E-state index contributed by atoms with van der Waals surface area (Å²) < 4.78 is 5.52. The van der Waals surface area contributed by atoms with Gasteiger partial charge in [-0.1, -0.05) is 25.1 Å². The molecule has 0 unspecified atom stereocenters. The second-order valence-electron chi connectivity index (χ2n) is 6.63. The van der Waals surface area contributed by atoms with Crippen LogP contribution in [0.1, 0.15) is 30.9 Å². The van der Waals surface area contributed by atoms with E-state index >= 15 is 0 Å². The van der Waals surface area contributed by atoms with Crippen molar-refractivity contribution in [3.05, 3.63) is 53.6 Å².